The van der Waals surface area contributed by atoms with Gasteiger partial charge in [-0.3, -0.25) is 9.59 Å². The molecule has 5 nitrogen and oxygen atoms in total. The molecule has 4 aliphatic rings. The summed E-state index contributed by atoms with van der Waals surface area (Å²) in [5.74, 6) is 0.251. The molecule has 4 aliphatic carbocycles. The summed E-state index contributed by atoms with van der Waals surface area (Å²) in [6.45, 7) is 16.8. The van der Waals surface area contributed by atoms with E-state index in [1.165, 1.54) is 18.1 Å². The molecule has 0 aliphatic heterocycles. The van der Waals surface area contributed by atoms with Crippen molar-refractivity contribution in [3.05, 3.63) is 34.9 Å². The lowest BCUT2D eigenvalue weighted by atomic mass is 9.44. The van der Waals surface area contributed by atoms with Crippen LogP contribution in [0.3, 0.4) is 0 Å². The first kappa shape index (κ1) is 27.9. The van der Waals surface area contributed by atoms with Gasteiger partial charge >= 0.3 is 11.9 Å². The number of allylic oxidation sites excluding steroid dienone is 4. The molecule has 1 unspecified atom stereocenters. The molecule has 0 saturated heterocycles. The summed E-state index contributed by atoms with van der Waals surface area (Å²) in [6, 6.07) is 0. The Morgan fingerprint density at radius 3 is 2.43 bits per heavy atom. The Labute approximate surface area is 222 Å². The van der Waals surface area contributed by atoms with Gasteiger partial charge in [0.2, 0.25) is 0 Å². The molecule has 5 heteroatoms. The van der Waals surface area contributed by atoms with Gasteiger partial charge in [0.25, 0.3) is 0 Å². The van der Waals surface area contributed by atoms with Crippen molar-refractivity contribution in [3.63, 3.8) is 0 Å². The first-order chi connectivity index (χ1) is 17.1. The Hall–Kier alpha value is -2.17. The lowest BCUT2D eigenvalue weighted by molar-refractivity contribution is -0.152. The first-order valence-corrected chi connectivity index (χ1v) is 14.1. The molecule has 7 atom stereocenters. The van der Waals surface area contributed by atoms with Crippen LogP contribution in [0.2, 0.25) is 0 Å². The van der Waals surface area contributed by atoms with E-state index in [0.717, 1.165) is 38.5 Å². The number of ether oxygens (including phenoxy) is 1. The highest BCUT2D eigenvalue weighted by atomic mass is 16.5. The number of ketones is 1. The van der Waals surface area contributed by atoms with Gasteiger partial charge in [-0.1, -0.05) is 59.8 Å². The van der Waals surface area contributed by atoms with E-state index in [-0.39, 0.29) is 39.7 Å². The third kappa shape index (κ3) is 4.06. The summed E-state index contributed by atoms with van der Waals surface area (Å²) in [7, 11) is 0. The molecule has 0 aromatic rings. The number of hydrogen-bond donors (Lipinski definition) is 1. The fraction of sp³-hybridized carbons (Fsp3) is 0.719. The average Bonchev–Trinajstić information content (AvgIpc) is 3.03. The number of Topliss-reactive ketones (excluding diaryl/α,β-unsaturated/α-hetero) is 1. The highest BCUT2D eigenvalue weighted by Gasteiger charge is 2.67. The van der Waals surface area contributed by atoms with Crippen molar-refractivity contribution < 1.29 is 24.2 Å². The van der Waals surface area contributed by atoms with Gasteiger partial charge < -0.3 is 9.84 Å². The molecular weight excluding hydrogens is 464 g/mol. The summed E-state index contributed by atoms with van der Waals surface area (Å²) in [4.78, 5) is 36.4. The van der Waals surface area contributed by atoms with Crippen molar-refractivity contribution in [2.75, 3.05) is 0 Å². The maximum Gasteiger partial charge on any atom is 0.330 e. The predicted octanol–water partition coefficient (Wildman–Crippen LogP) is 7.07. The molecule has 1 N–H and O–H groups in total. The van der Waals surface area contributed by atoms with E-state index in [9.17, 15) is 19.5 Å². The lowest BCUT2D eigenvalue weighted by Crippen LogP contribution is -2.55. The van der Waals surface area contributed by atoms with Gasteiger partial charge in [-0.15, -0.1) is 0 Å². The molecular formula is C32H46O5. The van der Waals surface area contributed by atoms with E-state index < -0.39 is 5.97 Å². The predicted molar refractivity (Wildman–Crippen MR) is 145 cm³/mol. The largest absolute Gasteiger partial charge is 0.478 e. The van der Waals surface area contributed by atoms with Crippen LogP contribution < -0.4 is 0 Å². The molecule has 2 fully saturated rings. The number of carboxylic acids is 1. The summed E-state index contributed by atoms with van der Waals surface area (Å²) in [5, 5.41) is 9.22. The SMILES string of the molecule is CC(=O)O[C@H]1C[C@H](C(C)CC/C=C(\C)C(=O)O)[C@@]2(C)CC=C3C(=CC[C@H]4C(C)(C)C(=O)CC[C@]34C)[C@]12C. The van der Waals surface area contributed by atoms with Crippen molar-refractivity contribution in [2.45, 2.75) is 106 Å². The van der Waals surface area contributed by atoms with Crippen molar-refractivity contribution in [1.82, 2.24) is 0 Å². The molecule has 37 heavy (non-hydrogen) atoms. The molecule has 0 radical (unpaired) electrons. The van der Waals surface area contributed by atoms with E-state index in [1.807, 2.05) is 6.08 Å². The van der Waals surface area contributed by atoms with Crippen LogP contribution in [0.1, 0.15) is 100 Å². The number of hydrogen-bond acceptors (Lipinski definition) is 4. The maximum atomic E-state index is 12.9. The quantitative estimate of drug-likeness (QED) is 0.305. The number of carbonyl (C=O) groups is 3. The second-order valence-electron chi connectivity index (χ2n) is 13.6. The zero-order chi connectivity index (χ0) is 27.6. The van der Waals surface area contributed by atoms with E-state index >= 15 is 0 Å². The van der Waals surface area contributed by atoms with Gasteiger partial charge in [-0.2, -0.15) is 0 Å². The second kappa shape index (κ2) is 9.24. The minimum atomic E-state index is -0.864. The summed E-state index contributed by atoms with van der Waals surface area (Å²) < 4.78 is 6.13. The highest BCUT2D eigenvalue weighted by molar-refractivity contribution is 5.86. The van der Waals surface area contributed by atoms with Gasteiger partial charge in [0, 0.05) is 29.7 Å². The molecule has 0 heterocycles. The van der Waals surface area contributed by atoms with Crippen LogP contribution in [0.15, 0.2) is 34.9 Å². The zero-order valence-corrected chi connectivity index (χ0v) is 24.1. The van der Waals surface area contributed by atoms with Crippen LogP contribution in [0, 0.1) is 39.4 Å². The fourth-order valence-corrected chi connectivity index (χ4v) is 8.94. The number of carbonyl (C=O) groups excluding carboxylic acids is 2. The Morgan fingerprint density at radius 1 is 1.14 bits per heavy atom. The van der Waals surface area contributed by atoms with Crippen LogP contribution in [0.25, 0.3) is 0 Å². The van der Waals surface area contributed by atoms with Crippen LogP contribution in [-0.2, 0) is 19.1 Å². The Balaban J connectivity index is 1.73. The van der Waals surface area contributed by atoms with Gasteiger partial charge in [0.1, 0.15) is 11.9 Å². The van der Waals surface area contributed by atoms with E-state index in [1.54, 1.807) is 6.92 Å². The molecule has 4 rings (SSSR count). The summed E-state index contributed by atoms with van der Waals surface area (Å²) in [5.41, 5.74) is 2.31. The Bertz CT molecular complexity index is 1090. The minimum absolute atomic E-state index is 0.0601. The normalized spacial score (nSPS) is 39.5. The van der Waals surface area contributed by atoms with Gasteiger partial charge in [-0.05, 0) is 85.2 Å². The van der Waals surface area contributed by atoms with Gasteiger partial charge in [0.05, 0.1) is 0 Å². The smallest absolute Gasteiger partial charge is 0.330 e. The third-order valence-electron chi connectivity index (χ3n) is 11.5. The fourth-order valence-electron chi connectivity index (χ4n) is 8.94. The lowest BCUT2D eigenvalue weighted by Gasteiger charge is -2.60. The standard InChI is InChI=1S/C32H46O5/c1-19(10-9-11-20(2)28(35)36)24-18-27(37-21(3)33)32(8)23-12-13-25-29(4,5)26(34)15-16-30(25,6)22(23)14-17-31(24,32)7/h11-12,14,19,24-25,27H,9-10,13,15-18H2,1-8H3,(H,35,36)/b20-11+/t19?,24-,25+,27+,30-,31-,32-/m1/s1. The Kier molecular flexibility index (Phi) is 6.95. The van der Waals surface area contributed by atoms with E-state index in [4.69, 9.17) is 4.74 Å². The average molecular weight is 511 g/mol. The first-order valence-electron chi connectivity index (χ1n) is 14.1. The van der Waals surface area contributed by atoms with Crippen molar-refractivity contribution in [1.29, 1.82) is 0 Å². The van der Waals surface area contributed by atoms with Gasteiger partial charge in [-0.25, -0.2) is 4.79 Å². The van der Waals surface area contributed by atoms with Gasteiger partial charge in [0.15, 0.2) is 0 Å². The zero-order valence-electron chi connectivity index (χ0n) is 24.1. The summed E-state index contributed by atoms with van der Waals surface area (Å²) >= 11 is 0. The second-order valence-corrected chi connectivity index (χ2v) is 13.6. The molecule has 2 saturated carbocycles. The highest BCUT2D eigenvalue weighted by Crippen LogP contribution is 2.72. The van der Waals surface area contributed by atoms with Crippen molar-refractivity contribution in [3.8, 4) is 0 Å². The number of rotatable bonds is 6. The van der Waals surface area contributed by atoms with Crippen LogP contribution >= 0.6 is 0 Å². The number of carboxylic acid groups (broad SMARTS) is 1. The van der Waals surface area contributed by atoms with Crippen molar-refractivity contribution in [2.24, 2.45) is 39.4 Å². The number of aliphatic carboxylic acids is 1. The van der Waals surface area contributed by atoms with E-state index in [0.29, 0.717) is 29.6 Å². The molecule has 0 bridgehead atoms. The Morgan fingerprint density at radius 2 is 1.81 bits per heavy atom. The topological polar surface area (TPSA) is 80.7 Å². The third-order valence-corrected chi connectivity index (χ3v) is 11.5. The summed E-state index contributed by atoms with van der Waals surface area (Å²) in [6.07, 6.45) is 12.2. The van der Waals surface area contributed by atoms with Crippen LogP contribution in [-0.4, -0.2) is 28.9 Å². The minimum Gasteiger partial charge on any atom is -0.478 e. The number of fused-ring (bicyclic) bond motifs is 5. The maximum absolute atomic E-state index is 12.9. The molecule has 0 amide bonds. The molecule has 0 aromatic carbocycles. The van der Waals surface area contributed by atoms with Crippen molar-refractivity contribution >= 4 is 17.7 Å². The van der Waals surface area contributed by atoms with Crippen LogP contribution in [0.4, 0.5) is 0 Å². The number of esters is 1. The molecule has 0 aromatic heterocycles. The monoisotopic (exact) mass is 510 g/mol. The molecule has 0 spiro atoms. The van der Waals surface area contributed by atoms with E-state index in [2.05, 4.69) is 53.7 Å². The van der Waals surface area contributed by atoms with Crippen LogP contribution in [0.5, 0.6) is 0 Å². The molecule has 204 valence electrons.